The molecule has 1 unspecified atom stereocenters. The van der Waals surface area contributed by atoms with Crippen molar-refractivity contribution in [1.29, 1.82) is 0 Å². The number of halogens is 1. The molecule has 4 aliphatic rings. The van der Waals surface area contributed by atoms with E-state index in [4.69, 9.17) is 16.3 Å². The van der Waals surface area contributed by atoms with E-state index in [1.54, 1.807) is 0 Å². The topological polar surface area (TPSA) is 46.5 Å². The molecule has 1 N–H and O–H groups in total. The summed E-state index contributed by atoms with van der Waals surface area (Å²) in [6.07, 6.45) is 13.9. The molecule has 4 heteroatoms. The SMILES string of the molecule is CC(=O)OC1CC[C@]2(C)[C@H]3CC[C@]4(C)[C@@H]([C@H](C)C=C[C@H](C)C(C)C)CC[C@H]4C3=C[C@H](Cl)[C@@]2(O)C1. The number of ether oxygens (including phenoxy) is 1. The van der Waals surface area contributed by atoms with Gasteiger partial charge in [0.15, 0.2) is 0 Å². The lowest BCUT2D eigenvalue weighted by Crippen LogP contribution is -2.64. The van der Waals surface area contributed by atoms with E-state index in [-0.39, 0.29) is 17.5 Å². The van der Waals surface area contributed by atoms with E-state index in [0.29, 0.717) is 47.3 Å². The highest BCUT2D eigenvalue weighted by Crippen LogP contribution is 2.68. The Labute approximate surface area is 212 Å². The number of carbonyl (C=O) groups excluding carboxylic acids is 1. The number of carbonyl (C=O) groups is 1. The van der Waals surface area contributed by atoms with Crippen molar-refractivity contribution in [3.8, 4) is 0 Å². The average Bonchev–Trinajstić information content (AvgIpc) is 3.11. The van der Waals surface area contributed by atoms with Gasteiger partial charge in [0.25, 0.3) is 0 Å². The van der Waals surface area contributed by atoms with Crippen molar-refractivity contribution < 1.29 is 14.6 Å². The third-order valence-corrected chi connectivity index (χ3v) is 11.5. The molecule has 0 radical (unpaired) electrons. The average molecular weight is 491 g/mol. The second kappa shape index (κ2) is 9.25. The third kappa shape index (κ3) is 4.11. The van der Waals surface area contributed by atoms with Gasteiger partial charge in [-0.25, -0.2) is 0 Å². The van der Waals surface area contributed by atoms with E-state index < -0.39 is 11.0 Å². The summed E-state index contributed by atoms with van der Waals surface area (Å²) in [4.78, 5) is 11.6. The molecule has 3 nitrogen and oxygen atoms in total. The first-order chi connectivity index (χ1) is 15.8. The van der Waals surface area contributed by atoms with Gasteiger partial charge in [0.2, 0.25) is 0 Å². The molecule has 3 fully saturated rings. The molecule has 0 aliphatic heterocycles. The maximum atomic E-state index is 12.0. The Morgan fingerprint density at radius 3 is 2.44 bits per heavy atom. The standard InChI is InChI=1S/C30H47ClO3/c1-18(2)19(3)8-9-20(4)24-10-11-25-23-16-27(31)30(33)17-22(34-21(5)32)12-15-29(30,7)26(23)13-14-28(24,25)6/h8-9,16,18-20,22,24-27,33H,10-15,17H2,1-7H3/t19-,20+,22?,24+,25-,26-,27-,28+,29+,30-/m0/s1. The smallest absolute Gasteiger partial charge is 0.302 e. The molecular formula is C30H47ClO3. The Balaban J connectivity index is 1.59. The Bertz CT molecular complexity index is 848. The lowest BCUT2D eigenvalue weighted by Gasteiger charge is -2.62. The van der Waals surface area contributed by atoms with Gasteiger partial charge in [-0.15, -0.1) is 11.6 Å². The zero-order valence-corrected chi connectivity index (χ0v) is 23.2. The van der Waals surface area contributed by atoms with Gasteiger partial charge in [0.05, 0.1) is 11.0 Å². The van der Waals surface area contributed by atoms with Crippen LogP contribution in [0.25, 0.3) is 0 Å². The summed E-state index contributed by atoms with van der Waals surface area (Å²) in [5, 5.41) is 11.5. The third-order valence-electron chi connectivity index (χ3n) is 11.0. The van der Waals surface area contributed by atoms with Gasteiger partial charge in [-0.1, -0.05) is 65.3 Å². The van der Waals surface area contributed by atoms with E-state index >= 15 is 0 Å². The molecule has 0 heterocycles. The van der Waals surface area contributed by atoms with E-state index in [0.717, 1.165) is 19.3 Å². The molecule has 0 saturated heterocycles. The first kappa shape index (κ1) is 26.3. The monoisotopic (exact) mass is 490 g/mol. The zero-order valence-electron chi connectivity index (χ0n) is 22.4. The van der Waals surface area contributed by atoms with E-state index in [1.807, 2.05) is 0 Å². The lowest BCUT2D eigenvalue weighted by atomic mass is 9.46. The molecule has 3 saturated carbocycles. The number of rotatable bonds is 5. The number of fused-ring (bicyclic) bond motifs is 5. The summed E-state index contributed by atoms with van der Waals surface area (Å²) in [5.74, 6) is 3.22. The Morgan fingerprint density at radius 2 is 1.79 bits per heavy atom. The van der Waals surface area contributed by atoms with Crippen LogP contribution < -0.4 is 0 Å². The van der Waals surface area contributed by atoms with Gasteiger partial charge < -0.3 is 9.84 Å². The molecule has 4 aliphatic carbocycles. The number of allylic oxidation sites excluding steroid dienone is 3. The van der Waals surface area contributed by atoms with E-state index in [2.05, 4.69) is 59.8 Å². The van der Waals surface area contributed by atoms with Gasteiger partial charge in [-0.05, 0) is 79.4 Å². The first-order valence-electron chi connectivity index (χ1n) is 13.8. The fourth-order valence-corrected chi connectivity index (χ4v) is 8.91. The van der Waals surface area contributed by atoms with Crippen LogP contribution in [-0.2, 0) is 9.53 Å². The van der Waals surface area contributed by atoms with Crippen LogP contribution in [0.5, 0.6) is 0 Å². The van der Waals surface area contributed by atoms with Crippen LogP contribution in [0, 0.1) is 46.3 Å². The van der Waals surface area contributed by atoms with Crippen molar-refractivity contribution in [2.45, 2.75) is 110 Å². The molecule has 10 atom stereocenters. The van der Waals surface area contributed by atoms with E-state index in [9.17, 15) is 9.90 Å². The van der Waals surface area contributed by atoms with Crippen LogP contribution in [0.3, 0.4) is 0 Å². The molecule has 0 spiro atoms. The highest BCUT2D eigenvalue weighted by atomic mass is 35.5. The quantitative estimate of drug-likeness (QED) is 0.249. The van der Waals surface area contributed by atoms with E-state index in [1.165, 1.54) is 31.8 Å². The van der Waals surface area contributed by atoms with Crippen LogP contribution in [0.15, 0.2) is 23.8 Å². The van der Waals surface area contributed by atoms with Gasteiger partial charge in [0.1, 0.15) is 6.10 Å². The highest BCUT2D eigenvalue weighted by molar-refractivity contribution is 6.22. The number of hydrogen-bond acceptors (Lipinski definition) is 3. The fourth-order valence-electron chi connectivity index (χ4n) is 8.43. The normalized spacial score (nSPS) is 45.8. The summed E-state index contributed by atoms with van der Waals surface area (Å²) < 4.78 is 5.53. The predicted octanol–water partition coefficient (Wildman–Crippen LogP) is 7.31. The Morgan fingerprint density at radius 1 is 1.09 bits per heavy atom. The summed E-state index contributed by atoms with van der Waals surface area (Å²) in [6, 6.07) is 0. The summed E-state index contributed by atoms with van der Waals surface area (Å²) >= 11 is 7.01. The number of esters is 1. The largest absolute Gasteiger partial charge is 0.462 e. The number of alkyl halides is 1. The molecule has 0 amide bonds. The molecule has 34 heavy (non-hydrogen) atoms. The minimum atomic E-state index is -1.03. The molecule has 0 aromatic rings. The van der Waals surface area contributed by atoms with Crippen molar-refractivity contribution in [3.05, 3.63) is 23.8 Å². The molecular weight excluding hydrogens is 444 g/mol. The minimum absolute atomic E-state index is 0.239. The highest BCUT2D eigenvalue weighted by Gasteiger charge is 2.65. The Hall–Kier alpha value is -0.800. The molecule has 0 bridgehead atoms. The van der Waals surface area contributed by atoms with Gasteiger partial charge in [-0.2, -0.15) is 0 Å². The van der Waals surface area contributed by atoms with Gasteiger partial charge in [0, 0.05) is 18.8 Å². The van der Waals surface area contributed by atoms with Crippen molar-refractivity contribution in [2.24, 2.45) is 46.3 Å². The van der Waals surface area contributed by atoms with Crippen molar-refractivity contribution in [2.75, 3.05) is 0 Å². The second-order valence-corrected chi connectivity index (χ2v) is 13.5. The fraction of sp³-hybridized carbons (Fsp3) is 0.833. The first-order valence-corrected chi connectivity index (χ1v) is 14.2. The van der Waals surface area contributed by atoms with Gasteiger partial charge >= 0.3 is 5.97 Å². The minimum Gasteiger partial charge on any atom is -0.462 e. The van der Waals surface area contributed by atoms with Crippen LogP contribution >= 0.6 is 11.6 Å². The predicted molar refractivity (Wildman–Crippen MR) is 140 cm³/mol. The molecule has 0 aromatic heterocycles. The maximum absolute atomic E-state index is 12.0. The molecule has 4 rings (SSSR count). The van der Waals surface area contributed by atoms with Crippen molar-refractivity contribution >= 4 is 17.6 Å². The lowest BCUT2D eigenvalue weighted by molar-refractivity contribution is -0.182. The number of aliphatic hydroxyl groups is 1. The summed E-state index contributed by atoms with van der Waals surface area (Å²) in [6.45, 7) is 15.6. The van der Waals surface area contributed by atoms with Crippen molar-refractivity contribution in [1.82, 2.24) is 0 Å². The van der Waals surface area contributed by atoms with Crippen LogP contribution in [-0.4, -0.2) is 28.2 Å². The van der Waals surface area contributed by atoms with Crippen molar-refractivity contribution in [3.63, 3.8) is 0 Å². The van der Waals surface area contributed by atoms with Crippen LogP contribution in [0.4, 0.5) is 0 Å². The van der Waals surface area contributed by atoms with Crippen LogP contribution in [0.2, 0.25) is 0 Å². The summed E-state index contributed by atoms with van der Waals surface area (Å²) in [5.41, 5.74) is 0.527. The van der Waals surface area contributed by atoms with Crippen LogP contribution in [0.1, 0.15) is 93.4 Å². The van der Waals surface area contributed by atoms with Gasteiger partial charge in [-0.3, -0.25) is 4.79 Å². The summed E-state index contributed by atoms with van der Waals surface area (Å²) in [7, 11) is 0. The molecule has 0 aromatic carbocycles. The number of hydrogen-bond donors (Lipinski definition) is 1. The molecule has 192 valence electrons. The zero-order chi connectivity index (χ0) is 25.1. The second-order valence-electron chi connectivity index (χ2n) is 13.1. The Kier molecular flexibility index (Phi) is 7.15. The maximum Gasteiger partial charge on any atom is 0.302 e.